The summed E-state index contributed by atoms with van der Waals surface area (Å²) < 4.78 is 5.56. The number of aromatic amines is 1. The highest BCUT2D eigenvalue weighted by Gasteiger charge is 2.31. The molecule has 0 spiro atoms. The lowest BCUT2D eigenvalue weighted by Gasteiger charge is -2.16. The number of imidazole rings is 1. The van der Waals surface area contributed by atoms with Crippen molar-refractivity contribution in [2.45, 2.75) is 25.3 Å². The molecule has 1 fully saturated rings. The van der Waals surface area contributed by atoms with Gasteiger partial charge >= 0.3 is 0 Å². The maximum atomic E-state index is 5.56. The molecule has 0 amide bonds. The summed E-state index contributed by atoms with van der Waals surface area (Å²) in [5.41, 5.74) is 1.61. The zero-order chi connectivity index (χ0) is 12.4. The molecule has 1 aliphatic heterocycles. The number of hydrogen-bond acceptors (Lipinski definition) is 5. The summed E-state index contributed by atoms with van der Waals surface area (Å²) in [7, 11) is 0. The third-order valence-electron chi connectivity index (χ3n) is 3.27. The SMILES string of the molecule is CCCNC1COCC1c1nc2ncncc2[nH]1. The van der Waals surface area contributed by atoms with Gasteiger partial charge in [-0.1, -0.05) is 6.92 Å². The summed E-state index contributed by atoms with van der Waals surface area (Å²) in [4.78, 5) is 16.0. The third kappa shape index (κ3) is 2.09. The Balaban J connectivity index is 1.84. The topological polar surface area (TPSA) is 75.7 Å². The molecule has 2 unspecified atom stereocenters. The van der Waals surface area contributed by atoms with Gasteiger partial charge in [-0.15, -0.1) is 0 Å². The lowest BCUT2D eigenvalue weighted by Crippen LogP contribution is -2.35. The second-order valence-electron chi connectivity index (χ2n) is 4.59. The summed E-state index contributed by atoms with van der Waals surface area (Å²) in [5.74, 6) is 1.21. The highest BCUT2D eigenvalue weighted by molar-refractivity contribution is 5.68. The van der Waals surface area contributed by atoms with Crippen molar-refractivity contribution in [3.63, 3.8) is 0 Å². The second kappa shape index (κ2) is 4.99. The van der Waals surface area contributed by atoms with Crippen molar-refractivity contribution in [3.8, 4) is 0 Å². The molecule has 18 heavy (non-hydrogen) atoms. The molecular weight excluding hydrogens is 230 g/mol. The predicted molar refractivity (Wildman–Crippen MR) is 67.3 cm³/mol. The molecule has 0 aliphatic carbocycles. The predicted octanol–water partition coefficient (Wildman–Crippen LogP) is 0.835. The smallest absolute Gasteiger partial charge is 0.180 e. The van der Waals surface area contributed by atoms with Gasteiger partial charge in [0.05, 0.1) is 25.3 Å². The molecule has 0 radical (unpaired) electrons. The van der Waals surface area contributed by atoms with Crippen LogP contribution in [0, 0.1) is 0 Å². The summed E-state index contributed by atoms with van der Waals surface area (Å²) in [6.45, 7) is 4.61. The van der Waals surface area contributed by atoms with E-state index in [0.717, 1.165) is 36.6 Å². The Labute approximate surface area is 105 Å². The lowest BCUT2D eigenvalue weighted by molar-refractivity contribution is 0.187. The van der Waals surface area contributed by atoms with Gasteiger partial charge in [0.25, 0.3) is 0 Å². The van der Waals surface area contributed by atoms with Crippen LogP contribution in [-0.2, 0) is 4.74 Å². The zero-order valence-corrected chi connectivity index (χ0v) is 10.4. The summed E-state index contributed by atoms with van der Waals surface area (Å²) >= 11 is 0. The maximum absolute atomic E-state index is 5.56. The van der Waals surface area contributed by atoms with E-state index < -0.39 is 0 Å². The summed E-state index contributed by atoms with van der Waals surface area (Å²) in [6.07, 6.45) is 4.39. The minimum absolute atomic E-state index is 0.269. The van der Waals surface area contributed by atoms with Crippen LogP contribution in [0.1, 0.15) is 25.1 Å². The molecule has 1 aliphatic rings. The van der Waals surface area contributed by atoms with Gasteiger partial charge in [-0.2, -0.15) is 0 Å². The van der Waals surface area contributed by atoms with Crippen LogP contribution in [0.5, 0.6) is 0 Å². The van der Waals surface area contributed by atoms with E-state index in [0.29, 0.717) is 12.6 Å². The minimum atomic E-state index is 0.269. The Morgan fingerprint density at radius 1 is 1.50 bits per heavy atom. The molecule has 2 N–H and O–H groups in total. The van der Waals surface area contributed by atoms with Crippen molar-refractivity contribution in [1.29, 1.82) is 0 Å². The molecule has 3 heterocycles. The molecule has 6 heteroatoms. The van der Waals surface area contributed by atoms with Crippen LogP contribution in [0.15, 0.2) is 12.5 Å². The fourth-order valence-corrected chi connectivity index (χ4v) is 2.31. The average molecular weight is 247 g/mol. The largest absolute Gasteiger partial charge is 0.379 e. The average Bonchev–Trinajstić information content (AvgIpc) is 3.01. The molecular formula is C12H17N5O. The number of nitrogens with one attached hydrogen (secondary N) is 2. The van der Waals surface area contributed by atoms with Crippen molar-refractivity contribution in [3.05, 3.63) is 18.3 Å². The first-order valence-electron chi connectivity index (χ1n) is 6.35. The monoisotopic (exact) mass is 247 g/mol. The highest BCUT2D eigenvalue weighted by atomic mass is 16.5. The van der Waals surface area contributed by atoms with E-state index in [9.17, 15) is 0 Å². The van der Waals surface area contributed by atoms with E-state index in [-0.39, 0.29) is 5.92 Å². The third-order valence-corrected chi connectivity index (χ3v) is 3.27. The number of nitrogens with zero attached hydrogens (tertiary/aromatic N) is 3. The number of ether oxygens (including phenoxy) is 1. The van der Waals surface area contributed by atoms with Gasteiger partial charge in [-0.3, -0.25) is 0 Å². The van der Waals surface area contributed by atoms with Crippen molar-refractivity contribution in [2.75, 3.05) is 19.8 Å². The van der Waals surface area contributed by atoms with Crippen LogP contribution in [0.2, 0.25) is 0 Å². The molecule has 0 aromatic carbocycles. The summed E-state index contributed by atoms with van der Waals surface area (Å²) in [5, 5.41) is 3.50. The van der Waals surface area contributed by atoms with Crippen LogP contribution in [-0.4, -0.2) is 45.7 Å². The highest BCUT2D eigenvalue weighted by Crippen LogP contribution is 2.24. The number of fused-ring (bicyclic) bond motifs is 1. The number of hydrogen-bond donors (Lipinski definition) is 2. The van der Waals surface area contributed by atoms with Crippen molar-refractivity contribution in [2.24, 2.45) is 0 Å². The second-order valence-corrected chi connectivity index (χ2v) is 4.59. The van der Waals surface area contributed by atoms with Crippen molar-refractivity contribution >= 4 is 11.2 Å². The fraction of sp³-hybridized carbons (Fsp3) is 0.583. The summed E-state index contributed by atoms with van der Waals surface area (Å²) in [6, 6.07) is 0.332. The molecule has 0 bridgehead atoms. The first-order valence-corrected chi connectivity index (χ1v) is 6.35. The van der Waals surface area contributed by atoms with E-state index in [4.69, 9.17) is 4.74 Å². The van der Waals surface area contributed by atoms with Gasteiger partial charge in [0.15, 0.2) is 5.65 Å². The maximum Gasteiger partial charge on any atom is 0.180 e. The Morgan fingerprint density at radius 2 is 2.44 bits per heavy atom. The van der Waals surface area contributed by atoms with Gasteiger partial charge in [-0.05, 0) is 13.0 Å². The fourth-order valence-electron chi connectivity index (χ4n) is 2.31. The number of rotatable bonds is 4. The quantitative estimate of drug-likeness (QED) is 0.837. The van der Waals surface area contributed by atoms with E-state index in [2.05, 4.69) is 32.2 Å². The van der Waals surface area contributed by atoms with E-state index in [1.54, 1.807) is 6.20 Å². The van der Waals surface area contributed by atoms with Crippen molar-refractivity contribution in [1.82, 2.24) is 25.3 Å². The van der Waals surface area contributed by atoms with Gasteiger partial charge in [-0.25, -0.2) is 15.0 Å². The van der Waals surface area contributed by atoms with Gasteiger partial charge in [0, 0.05) is 6.04 Å². The van der Waals surface area contributed by atoms with Crippen LogP contribution in [0.3, 0.4) is 0 Å². The molecule has 1 saturated heterocycles. The first-order chi connectivity index (χ1) is 8.88. The van der Waals surface area contributed by atoms with E-state index >= 15 is 0 Å². The Kier molecular flexibility index (Phi) is 3.21. The number of aromatic nitrogens is 4. The van der Waals surface area contributed by atoms with Gasteiger partial charge in [0.1, 0.15) is 17.7 Å². The van der Waals surface area contributed by atoms with Crippen molar-refractivity contribution < 1.29 is 4.74 Å². The zero-order valence-electron chi connectivity index (χ0n) is 10.4. The van der Waals surface area contributed by atoms with Crippen LogP contribution >= 0.6 is 0 Å². The molecule has 6 nitrogen and oxygen atoms in total. The molecule has 2 aromatic rings. The number of H-pyrrole nitrogens is 1. The molecule has 2 atom stereocenters. The molecule has 96 valence electrons. The minimum Gasteiger partial charge on any atom is -0.379 e. The molecule has 0 saturated carbocycles. The first kappa shape index (κ1) is 11.6. The lowest BCUT2D eigenvalue weighted by atomic mass is 10.0. The van der Waals surface area contributed by atoms with Gasteiger partial charge in [0.2, 0.25) is 0 Å². The Bertz CT molecular complexity index is 493. The van der Waals surface area contributed by atoms with Crippen LogP contribution in [0.4, 0.5) is 0 Å². The molecule has 2 aromatic heterocycles. The van der Waals surface area contributed by atoms with E-state index in [1.165, 1.54) is 6.33 Å². The standard InChI is InChI=1S/C12H17N5O/c1-2-3-14-10-6-18-5-8(10)11-16-9-4-13-7-15-12(9)17-11/h4,7-8,10,14H,2-3,5-6H2,1H3,(H,13,15,16,17). The Morgan fingerprint density at radius 3 is 3.28 bits per heavy atom. The Hall–Kier alpha value is -1.53. The molecule has 3 rings (SSSR count). The van der Waals surface area contributed by atoms with Crippen LogP contribution < -0.4 is 5.32 Å². The van der Waals surface area contributed by atoms with Crippen LogP contribution in [0.25, 0.3) is 11.2 Å². The normalized spacial score (nSPS) is 23.8. The van der Waals surface area contributed by atoms with Gasteiger partial charge < -0.3 is 15.0 Å². The van der Waals surface area contributed by atoms with E-state index in [1.807, 2.05) is 0 Å².